The summed E-state index contributed by atoms with van der Waals surface area (Å²) in [4.78, 5) is 18.8. The molecule has 0 spiro atoms. The van der Waals surface area contributed by atoms with E-state index < -0.39 is 5.97 Å². The van der Waals surface area contributed by atoms with Crippen molar-refractivity contribution in [2.45, 2.75) is 0 Å². The second-order valence-corrected chi connectivity index (χ2v) is 5.18. The molecular formula is C21H15IrN2O2-. The van der Waals surface area contributed by atoms with Gasteiger partial charge in [0.15, 0.2) is 5.69 Å². The van der Waals surface area contributed by atoms with Gasteiger partial charge in [0.05, 0.1) is 0 Å². The Morgan fingerprint density at radius 3 is 2.31 bits per heavy atom. The number of carbonyl (C=O) groups is 1. The summed E-state index contributed by atoms with van der Waals surface area (Å²) in [6, 6.07) is 25.9. The summed E-state index contributed by atoms with van der Waals surface area (Å²) in [5, 5.41) is 10.4. The average Bonchev–Trinajstić information content (AvgIpc) is 2.69. The first-order valence-electron chi connectivity index (χ1n) is 7.71. The average molecular weight is 520 g/mol. The van der Waals surface area contributed by atoms with Crippen molar-refractivity contribution in [1.29, 1.82) is 0 Å². The van der Waals surface area contributed by atoms with E-state index in [1.165, 1.54) is 6.20 Å². The molecule has 0 unspecified atom stereocenters. The third-order valence-corrected chi connectivity index (χ3v) is 3.53. The zero-order chi connectivity index (χ0) is 17.5. The minimum absolute atomic E-state index is 0. The quantitative estimate of drug-likeness (QED) is 0.397. The van der Waals surface area contributed by atoms with Crippen LogP contribution >= 0.6 is 0 Å². The van der Waals surface area contributed by atoms with Gasteiger partial charge in [0.25, 0.3) is 0 Å². The maximum Gasteiger partial charge on any atom is 0.355 e. The van der Waals surface area contributed by atoms with Crippen LogP contribution in [0.1, 0.15) is 10.5 Å². The Hall–Kier alpha value is -2.88. The molecule has 0 amide bonds. The van der Waals surface area contributed by atoms with Gasteiger partial charge >= 0.3 is 5.97 Å². The Balaban J connectivity index is 0.000000180. The molecule has 4 aromatic rings. The van der Waals surface area contributed by atoms with Gasteiger partial charge in [-0.3, -0.25) is 0 Å². The summed E-state index contributed by atoms with van der Waals surface area (Å²) in [6.45, 7) is 0. The van der Waals surface area contributed by atoms with E-state index >= 15 is 0 Å². The van der Waals surface area contributed by atoms with Crippen molar-refractivity contribution in [3.05, 3.63) is 97.0 Å². The standard InChI is InChI=1S/C11H8N.C10H7NO2.Ir/c1-2-6-10(7-3-1)11-8-4-5-9-12-11;12-10(13)9-8-4-2-1-3-7(8)5-6-11-9;/h1-6,8-9H;1-6H,(H,12,13);/q-1;;. The molecule has 0 aliphatic rings. The van der Waals surface area contributed by atoms with E-state index in [0.717, 1.165) is 16.6 Å². The van der Waals surface area contributed by atoms with E-state index in [1.54, 1.807) is 24.4 Å². The monoisotopic (exact) mass is 520 g/mol. The fourth-order valence-corrected chi connectivity index (χ4v) is 2.36. The molecule has 2 heterocycles. The number of nitrogens with zero attached hydrogens (tertiary/aromatic N) is 2. The van der Waals surface area contributed by atoms with Crippen molar-refractivity contribution >= 4 is 16.7 Å². The number of carboxylic acids is 1. The van der Waals surface area contributed by atoms with Crippen LogP contribution < -0.4 is 0 Å². The molecule has 2 aromatic heterocycles. The van der Waals surface area contributed by atoms with E-state index in [9.17, 15) is 4.79 Å². The van der Waals surface area contributed by atoms with Crippen LogP contribution in [0, 0.1) is 6.07 Å². The summed E-state index contributed by atoms with van der Waals surface area (Å²) in [5.41, 5.74) is 2.12. The minimum atomic E-state index is -0.989. The number of carboxylic acid groups (broad SMARTS) is 1. The smallest absolute Gasteiger partial charge is 0.355 e. The molecule has 0 saturated carbocycles. The Morgan fingerprint density at radius 2 is 1.62 bits per heavy atom. The van der Waals surface area contributed by atoms with Crippen LogP contribution in [0.25, 0.3) is 22.0 Å². The Bertz CT molecular complexity index is 934. The SMILES string of the molecule is O=C(O)c1nccc2ccccc12.[Ir].[c-]1ccccc1-c1ccccn1. The van der Waals surface area contributed by atoms with Crippen molar-refractivity contribution < 1.29 is 30.0 Å². The van der Waals surface area contributed by atoms with Gasteiger partial charge in [0.1, 0.15) is 0 Å². The fourth-order valence-electron chi connectivity index (χ4n) is 2.36. The second-order valence-electron chi connectivity index (χ2n) is 5.18. The zero-order valence-corrected chi connectivity index (χ0v) is 16.1. The van der Waals surface area contributed by atoms with Crippen LogP contribution in [-0.4, -0.2) is 21.0 Å². The van der Waals surface area contributed by atoms with E-state index in [1.807, 2.05) is 54.6 Å². The molecule has 0 atom stereocenters. The van der Waals surface area contributed by atoms with Crippen molar-refractivity contribution in [3.8, 4) is 11.3 Å². The summed E-state index contributed by atoms with van der Waals surface area (Å²) in [6.07, 6.45) is 3.29. The van der Waals surface area contributed by atoms with Gasteiger partial charge in [0.2, 0.25) is 0 Å². The number of pyridine rings is 2. The first kappa shape index (κ1) is 19.4. The number of aromatic nitrogens is 2. The molecule has 0 bridgehead atoms. The Labute approximate surface area is 164 Å². The second kappa shape index (κ2) is 9.56. The minimum Gasteiger partial charge on any atom is -0.476 e. The first-order chi connectivity index (χ1) is 12.3. The van der Waals surface area contributed by atoms with Crippen molar-refractivity contribution in [2.75, 3.05) is 0 Å². The number of aromatic carboxylic acids is 1. The number of benzene rings is 2. The molecular weight excluding hydrogens is 504 g/mol. The third-order valence-electron chi connectivity index (χ3n) is 3.53. The van der Waals surface area contributed by atoms with Crippen LogP contribution in [0.4, 0.5) is 0 Å². The number of hydrogen-bond acceptors (Lipinski definition) is 3. The molecule has 0 aliphatic carbocycles. The molecule has 0 fully saturated rings. The molecule has 0 saturated heterocycles. The van der Waals surface area contributed by atoms with Gasteiger partial charge in [-0.05, 0) is 23.2 Å². The summed E-state index contributed by atoms with van der Waals surface area (Å²) < 4.78 is 0. The van der Waals surface area contributed by atoms with Crippen LogP contribution in [0.3, 0.4) is 0 Å². The van der Waals surface area contributed by atoms with E-state index in [4.69, 9.17) is 5.11 Å². The van der Waals surface area contributed by atoms with Gasteiger partial charge in [-0.2, -0.15) is 0 Å². The number of hydrogen-bond donors (Lipinski definition) is 1. The molecule has 26 heavy (non-hydrogen) atoms. The number of rotatable bonds is 2. The summed E-state index contributed by atoms with van der Waals surface area (Å²) >= 11 is 0. The fraction of sp³-hybridized carbons (Fsp3) is 0. The van der Waals surface area contributed by atoms with Crippen LogP contribution in [0.15, 0.2) is 85.2 Å². The Morgan fingerprint density at radius 1 is 0.846 bits per heavy atom. The maximum atomic E-state index is 10.8. The molecule has 1 N–H and O–H groups in total. The van der Waals surface area contributed by atoms with Gasteiger partial charge in [-0.25, -0.2) is 9.78 Å². The molecule has 5 heteroatoms. The van der Waals surface area contributed by atoms with Gasteiger partial charge < -0.3 is 10.1 Å². The largest absolute Gasteiger partial charge is 0.476 e. The van der Waals surface area contributed by atoms with Crippen LogP contribution in [-0.2, 0) is 20.1 Å². The summed E-state index contributed by atoms with van der Waals surface area (Å²) in [5.74, 6) is -0.989. The molecule has 4 nitrogen and oxygen atoms in total. The van der Waals surface area contributed by atoms with Gasteiger partial charge in [0, 0.05) is 37.9 Å². The Kier molecular flexibility index (Phi) is 7.15. The molecule has 4 rings (SSSR count). The zero-order valence-electron chi connectivity index (χ0n) is 13.7. The van der Waals surface area contributed by atoms with Crippen molar-refractivity contribution in [2.24, 2.45) is 0 Å². The topological polar surface area (TPSA) is 63.1 Å². The molecule has 2 aromatic carbocycles. The maximum absolute atomic E-state index is 10.8. The molecule has 131 valence electrons. The third kappa shape index (κ3) is 4.82. The molecule has 0 aliphatic heterocycles. The first-order valence-corrected chi connectivity index (χ1v) is 7.71. The van der Waals surface area contributed by atoms with Gasteiger partial charge in [-0.15, -0.1) is 35.9 Å². The predicted octanol–water partition coefficient (Wildman–Crippen LogP) is 4.48. The van der Waals surface area contributed by atoms with Crippen LogP contribution in [0.5, 0.6) is 0 Å². The van der Waals surface area contributed by atoms with E-state index in [0.29, 0.717) is 5.39 Å². The number of fused-ring (bicyclic) bond motifs is 1. The van der Waals surface area contributed by atoms with Crippen LogP contribution in [0.2, 0.25) is 0 Å². The van der Waals surface area contributed by atoms with Gasteiger partial charge in [-0.1, -0.05) is 36.4 Å². The van der Waals surface area contributed by atoms with E-state index in [2.05, 4.69) is 16.0 Å². The predicted molar refractivity (Wildman–Crippen MR) is 97.2 cm³/mol. The summed E-state index contributed by atoms with van der Waals surface area (Å²) in [7, 11) is 0. The van der Waals surface area contributed by atoms with E-state index in [-0.39, 0.29) is 25.8 Å². The van der Waals surface area contributed by atoms with Crippen molar-refractivity contribution in [3.63, 3.8) is 0 Å². The molecule has 1 radical (unpaired) electrons. The normalized spacial score (nSPS) is 9.54. The van der Waals surface area contributed by atoms with Crippen molar-refractivity contribution in [1.82, 2.24) is 9.97 Å².